The largest absolute Gasteiger partial charge is 0.461 e. The van der Waals surface area contributed by atoms with Gasteiger partial charge in [-0.25, -0.2) is 0 Å². The van der Waals surface area contributed by atoms with Crippen molar-refractivity contribution in [1.29, 1.82) is 0 Å². The van der Waals surface area contributed by atoms with Gasteiger partial charge in [-0.2, -0.15) is 0 Å². The summed E-state index contributed by atoms with van der Waals surface area (Å²) >= 11 is 0. The minimum absolute atomic E-state index is 0.0188. The Balaban J connectivity index is 1.69. The van der Waals surface area contributed by atoms with Gasteiger partial charge in [0.15, 0.2) is 0 Å². The maximum Gasteiger partial charge on any atom is 0.313 e. The van der Waals surface area contributed by atoms with Gasteiger partial charge in [0, 0.05) is 12.8 Å². The first-order chi connectivity index (χ1) is 11.6. The van der Waals surface area contributed by atoms with Crippen LogP contribution in [0.2, 0.25) is 0 Å². The molecule has 2 fully saturated rings. The van der Waals surface area contributed by atoms with Gasteiger partial charge in [0.05, 0.1) is 33.1 Å². The smallest absolute Gasteiger partial charge is 0.313 e. The van der Waals surface area contributed by atoms with Crippen molar-refractivity contribution in [1.82, 2.24) is 0 Å². The normalized spacial score (nSPS) is 23.6. The summed E-state index contributed by atoms with van der Waals surface area (Å²) in [5, 5.41) is 0. The van der Waals surface area contributed by atoms with Crippen LogP contribution in [0.25, 0.3) is 0 Å². The number of piperidine rings is 1. The number of nitrogens with zero attached hydrogens (tertiary/aromatic N) is 1. The van der Waals surface area contributed by atoms with Crippen LogP contribution in [0.1, 0.15) is 56.4 Å². The minimum Gasteiger partial charge on any atom is -0.461 e. The van der Waals surface area contributed by atoms with Crippen LogP contribution in [-0.2, 0) is 9.53 Å². The van der Waals surface area contributed by atoms with Crippen LogP contribution >= 0.6 is 0 Å². The van der Waals surface area contributed by atoms with E-state index in [9.17, 15) is 4.79 Å². The third-order valence-electron chi connectivity index (χ3n) is 5.93. The Hall–Kier alpha value is -1.35. The summed E-state index contributed by atoms with van der Waals surface area (Å²) in [4.78, 5) is 13.0. The van der Waals surface area contributed by atoms with Gasteiger partial charge in [0.2, 0.25) is 0 Å². The molecule has 24 heavy (non-hydrogen) atoms. The number of quaternary nitrogens is 1. The molecule has 1 atom stereocenters. The third kappa shape index (κ3) is 4.38. The summed E-state index contributed by atoms with van der Waals surface area (Å²) < 4.78 is 7.05. The lowest BCUT2D eigenvalue weighted by atomic mass is 9.77. The van der Waals surface area contributed by atoms with Gasteiger partial charge in [0.25, 0.3) is 0 Å². The molecular weight excluding hydrogens is 298 g/mol. The predicted octanol–water partition coefficient (Wildman–Crippen LogP) is 4.13. The monoisotopic (exact) mass is 330 g/mol. The summed E-state index contributed by atoms with van der Waals surface area (Å²) in [6, 6.07) is 10.3. The maximum absolute atomic E-state index is 13.0. The van der Waals surface area contributed by atoms with Crippen molar-refractivity contribution in [3.8, 4) is 0 Å². The lowest BCUT2D eigenvalue weighted by molar-refractivity contribution is -0.896. The molecule has 0 radical (unpaired) electrons. The molecule has 132 valence electrons. The molecule has 1 aliphatic heterocycles. The van der Waals surface area contributed by atoms with Crippen molar-refractivity contribution in [2.45, 2.75) is 57.0 Å². The molecule has 1 aromatic carbocycles. The molecule has 1 unspecified atom stereocenters. The molecule has 3 heteroatoms. The first-order valence-electron chi connectivity index (χ1n) is 9.63. The standard InChI is InChI=1S/C21H32NO2/c1-22(2)15-13-19(14-16-22)24-21(23)20(17-9-5-3-6-10-17)18-11-7-4-8-12-18/h3,5-6,9-10,18-20H,4,7-8,11-16H2,1-2H3/q+1. The molecule has 1 aromatic rings. The van der Waals surface area contributed by atoms with E-state index >= 15 is 0 Å². The van der Waals surface area contributed by atoms with Gasteiger partial charge in [-0.3, -0.25) is 4.79 Å². The van der Waals surface area contributed by atoms with E-state index in [1.807, 2.05) is 18.2 Å². The molecule has 1 heterocycles. The molecule has 0 aromatic heterocycles. The van der Waals surface area contributed by atoms with E-state index in [-0.39, 0.29) is 18.0 Å². The van der Waals surface area contributed by atoms with E-state index in [0.717, 1.165) is 48.8 Å². The molecule has 1 saturated heterocycles. The van der Waals surface area contributed by atoms with E-state index in [1.54, 1.807) is 0 Å². The van der Waals surface area contributed by atoms with Crippen molar-refractivity contribution in [3.05, 3.63) is 35.9 Å². The van der Waals surface area contributed by atoms with Crippen LogP contribution in [0, 0.1) is 5.92 Å². The predicted molar refractivity (Wildman–Crippen MR) is 96.7 cm³/mol. The molecule has 0 bridgehead atoms. The fraction of sp³-hybridized carbons (Fsp3) is 0.667. The SMILES string of the molecule is C[N+]1(C)CCC(OC(=O)C(c2ccccc2)C2CCCCC2)CC1. The van der Waals surface area contributed by atoms with Crippen molar-refractivity contribution in [3.63, 3.8) is 0 Å². The molecule has 0 N–H and O–H groups in total. The molecule has 2 aliphatic rings. The van der Waals surface area contributed by atoms with Crippen molar-refractivity contribution >= 4 is 5.97 Å². The van der Waals surface area contributed by atoms with E-state index in [0.29, 0.717) is 5.92 Å². The number of benzene rings is 1. The van der Waals surface area contributed by atoms with Crippen molar-refractivity contribution in [2.24, 2.45) is 5.92 Å². The van der Waals surface area contributed by atoms with E-state index in [1.165, 1.54) is 19.3 Å². The number of ether oxygens (including phenoxy) is 1. The highest BCUT2D eigenvalue weighted by molar-refractivity contribution is 5.78. The van der Waals surface area contributed by atoms with Crippen LogP contribution in [0.3, 0.4) is 0 Å². The second kappa shape index (κ2) is 7.69. The summed E-state index contributed by atoms with van der Waals surface area (Å²) in [6.07, 6.45) is 8.20. The highest BCUT2D eigenvalue weighted by atomic mass is 16.5. The number of esters is 1. The Kier molecular flexibility index (Phi) is 5.60. The zero-order chi connectivity index (χ0) is 17.0. The van der Waals surface area contributed by atoms with E-state index in [4.69, 9.17) is 4.74 Å². The molecule has 0 amide bonds. The zero-order valence-electron chi connectivity index (χ0n) is 15.2. The average Bonchev–Trinajstić information content (AvgIpc) is 2.59. The second-order valence-corrected chi connectivity index (χ2v) is 8.31. The topological polar surface area (TPSA) is 26.3 Å². The molecular formula is C21H32NO2+. The summed E-state index contributed by atoms with van der Waals surface area (Å²) in [5.41, 5.74) is 1.14. The summed E-state index contributed by atoms with van der Waals surface area (Å²) in [7, 11) is 4.51. The molecule has 3 rings (SSSR count). The summed E-state index contributed by atoms with van der Waals surface area (Å²) in [6.45, 7) is 2.19. The minimum atomic E-state index is -0.0732. The average molecular weight is 330 g/mol. The van der Waals surface area contributed by atoms with Crippen molar-refractivity contribution < 1.29 is 14.0 Å². The van der Waals surface area contributed by atoms with E-state index in [2.05, 4.69) is 26.2 Å². The quantitative estimate of drug-likeness (QED) is 0.613. The lowest BCUT2D eigenvalue weighted by Crippen LogP contribution is -2.48. The summed E-state index contributed by atoms with van der Waals surface area (Å²) in [5.74, 6) is 0.394. The number of rotatable bonds is 4. The van der Waals surface area contributed by atoms with E-state index < -0.39 is 0 Å². The molecule has 1 saturated carbocycles. The Morgan fingerprint density at radius 3 is 2.25 bits per heavy atom. The van der Waals surface area contributed by atoms with Gasteiger partial charge < -0.3 is 9.22 Å². The van der Waals surface area contributed by atoms with Gasteiger partial charge in [-0.15, -0.1) is 0 Å². The maximum atomic E-state index is 13.0. The molecule has 0 spiro atoms. The fourth-order valence-corrected chi connectivity index (χ4v) is 4.33. The first kappa shape index (κ1) is 17.5. The number of carbonyl (C=O) groups excluding carboxylic acids is 1. The Bertz CT molecular complexity index is 524. The molecule has 3 nitrogen and oxygen atoms in total. The highest BCUT2D eigenvalue weighted by Gasteiger charge is 2.35. The Morgan fingerprint density at radius 1 is 1.00 bits per heavy atom. The second-order valence-electron chi connectivity index (χ2n) is 8.31. The fourth-order valence-electron chi connectivity index (χ4n) is 4.33. The van der Waals surface area contributed by atoms with Crippen LogP contribution < -0.4 is 0 Å². The number of likely N-dealkylation sites (tertiary alicyclic amines) is 1. The van der Waals surface area contributed by atoms with Gasteiger partial charge in [-0.05, 0) is 24.3 Å². The first-order valence-corrected chi connectivity index (χ1v) is 9.63. The molecule has 1 aliphatic carbocycles. The van der Waals surface area contributed by atoms with Crippen LogP contribution in [0.15, 0.2) is 30.3 Å². The van der Waals surface area contributed by atoms with Crippen LogP contribution in [-0.4, -0.2) is 43.7 Å². The zero-order valence-corrected chi connectivity index (χ0v) is 15.2. The van der Waals surface area contributed by atoms with Gasteiger partial charge in [-0.1, -0.05) is 49.6 Å². The lowest BCUT2D eigenvalue weighted by Gasteiger charge is -2.37. The number of carbonyl (C=O) groups is 1. The van der Waals surface area contributed by atoms with Crippen molar-refractivity contribution in [2.75, 3.05) is 27.2 Å². The Labute approximate surface area is 146 Å². The highest BCUT2D eigenvalue weighted by Crippen LogP contribution is 2.37. The van der Waals surface area contributed by atoms with Crippen LogP contribution in [0.4, 0.5) is 0 Å². The number of hydrogen-bond acceptors (Lipinski definition) is 2. The third-order valence-corrected chi connectivity index (χ3v) is 5.93. The van der Waals surface area contributed by atoms with Gasteiger partial charge in [0.1, 0.15) is 6.10 Å². The number of hydrogen-bond donors (Lipinski definition) is 0. The van der Waals surface area contributed by atoms with Gasteiger partial charge >= 0.3 is 5.97 Å². The Morgan fingerprint density at radius 2 is 1.62 bits per heavy atom. The van der Waals surface area contributed by atoms with Crippen LogP contribution in [0.5, 0.6) is 0 Å².